The van der Waals surface area contributed by atoms with Crippen LogP contribution in [0.5, 0.6) is 5.75 Å². The van der Waals surface area contributed by atoms with Crippen LogP contribution in [0.4, 0.5) is 17.6 Å². The summed E-state index contributed by atoms with van der Waals surface area (Å²) in [6, 6.07) is 2.15. The molecular weight excluding hydrogens is 423 g/mol. The first-order chi connectivity index (χ1) is 10.6. The molecule has 1 saturated heterocycles. The minimum absolute atomic E-state index is 0.407. The third kappa shape index (κ3) is 6.11. The van der Waals surface area contributed by atoms with E-state index < -0.39 is 41.7 Å². The molecule has 23 heavy (non-hydrogen) atoms. The average Bonchev–Trinajstić information content (AvgIpc) is 2.47. The Labute approximate surface area is 137 Å². The SMILES string of the molecule is C1COCCO1.COc1c(C(F)(F)F)cc[c]([Sn]([CH3])([CH3])[CH3])c1F. The van der Waals surface area contributed by atoms with E-state index in [9.17, 15) is 17.6 Å². The molecule has 0 radical (unpaired) electrons. The zero-order valence-corrected chi connectivity index (χ0v) is 16.6. The van der Waals surface area contributed by atoms with E-state index in [-0.39, 0.29) is 0 Å². The summed E-state index contributed by atoms with van der Waals surface area (Å²) >= 11 is -2.77. The van der Waals surface area contributed by atoms with E-state index in [1.165, 1.54) is 6.07 Å². The second-order valence-corrected chi connectivity index (χ2v) is 20.4. The molecule has 1 aromatic carbocycles. The van der Waals surface area contributed by atoms with Crippen molar-refractivity contribution in [2.75, 3.05) is 33.5 Å². The number of methoxy groups -OCH3 is 1. The first-order valence-corrected chi connectivity index (χ1v) is 17.2. The van der Waals surface area contributed by atoms with Gasteiger partial charge in [0.1, 0.15) is 0 Å². The molecule has 8 heteroatoms. The van der Waals surface area contributed by atoms with Gasteiger partial charge in [0.05, 0.1) is 26.4 Å². The zero-order chi connectivity index (χ0) is 17.7. The Balaban J connectivity index is 0.000000366. The van der Waals surface area contributed by atoms with E-state index in [0.29, 0.717) is 3.58 Å². The third-order valence-electron chi connectivity index (χ3n) is 3.16. The van der Waals surface area contributed by atoms with Crippen molar-refractivity contribution in [2.45, 2.75) is 21.0 Å². The van der Waals surface area contributed by atoms with E-state index in [2.05, 4.69) is 4.74 Å². The molecular formula is C15H22F4O3Sn. The Bertz CT molecular complexity index is 497. The number of rotatable bonds is 2. The Kier molecular flexibility index (Phi) is 7.60. The normalized spacial score (nSPS) is 15.7. The van der Waals surface area contributed by atoms with Crippen LogP contribution in [-0.2, 0) is 15.7 Å². The average molecular weight is 445 g/mol. The first-order valence-electron chi connectivity index (χ1n) is 7.18. The van der Waals surface area contributed by atoms with Crippen molar-refractivity contribution < 1.29 is 31.8 Å². The quantitative estimate of drug-likeness (QED) is 0.516. The van der Waals surface area contributed by atoms with Crippen LogP contribution in [0.15, 0.2) is 12.1 Å². The van der Waals surface area contributed by atoms with Crippen LogP contribution in [0.3, 0.4) is 0 Å². The van der Waals surface area contributed by atoms with E-state index in [1.54, 1.807) is 0 Å². The molecule has 0 aromatic heterocycles. The third-order valence-corrected chi connectivity index (χ3v) is 8.87. The second-order valence-electron chi connectivity index (χ2n) is 5.98. The molecule has 1 fully saturated rings. The number of hydrogen-bond acceptors (Lipinski definition) is 3. The van der Waals surface area contributed by atoms with E-state index in [4.69, 9.17) is 9.47 Å². The van der Waals surface area contributed by atoms with Gasteiger partial charge in [-0.05, 0) is 0 Å². The molecule has 0 saturated carbocycles. The molecule has 1 heterocycles. The molecule has 0 spiro atoms. The Morgan fingerprint density at radius 1 is 1.00 bits per heavy atom. The molecule has 0 amide bonds. The van der Waals surface area contributed by atoms with Crippen LogP contribution in [0, 0.1) is 5.82 Å². The Morgan fingerprint density at radius 3 is 1.78 bits per heavy atom. The van der Waals surface area contributed by atoms with Crippen molar-refractivity contribution >= 4 is 22.0 Å². The summed E-state index contributed by atoms with van der Waals surface area (Å²) in [5, 5.41) is 0. The molecule has 0 atom stereocenters. The van der Waals surface area contributed by atoms with E-state index in [1.807, 2.05) is 14.8 Å². The predicted molar refractivity (Wildman–Crippen MR) is 82.6 cm³/mol. The number of ether oxygens (including phenoxy) is 3. The van der Waals surface area contributed by atoms with E-state index in [0.717, 1.165) is 39.6 Å². The summed E-state index contributed by atoms with van der Waals surface area (Å²) in [5.41, 5.74) is -1.06. The summed E-state index contributed by atoms with van der Waals surface area (Å²) in [5.74, 6) is -1.55. The molecule has 132 valence electrons. The van der Waals surface area contributed by atoms with E-state index >= 15 is 0 Å². The molecule has 0 aliphatic carbocycles. The summed E-state index contributed by atoms with van der Waals surface area (Å²) in [4.78, 5) is 5.79. The minimum atomic E-state index is -4.60. The summed E-state index contributed by atoms with van der Waals surface area (Å²) in [7, 11) is 1.05. The van der Waals surface area contributed by atoms with Crippen LogP contribution in [0.1, 0.15) is 5.56 Å². The van der Waals surface area contributed by atoms with Gasteiger partial charge in [-0.25, -0.2) is 0 Å². The molecule has 3 nitrogen and oxygen atoms in total. The fourth-order valence-corrected chi connectivity index (χ4v) is 5.87. The van der Waals surface area contributed by atoms with Crippen molar-refractivity contribution in [3.63, 3.8) is 0 Å². The van der Waals surface area contributed by atoms with Crippen molar-refractivity contribution in [1.82, 2.24) is 0 Å². The van der Waals surface area contributed by atoms with Crippen LogP contribution >= 0.6 is 0 Å². The van der Waals surface area contributed by atoms with Gasteiger partial charge in [-0.2, -0.15) is 0 Å². The van der Waals surface area contributed by atoms with Gasteiger partial charge in [-0.15, -0.1) is 0 Å². The predicted octanol–water partition coefficient (Wildman–Crippen LogP) is 3.43. The maximum atomic E-state index is 14.0. The Morgan fingerprint density at radius 2 is 1.48 bits per heavy atom. The monoisotopic (exact) mass is 446 g/mol. The van der Waals surface area contributed by atoms with Crippen LogP contribution < -0.4 is 8.32 Å². The van der Waals surface area contributed by atoms with Crippen molar-refractivity contribution in [3.05, 3.63) is 23.5 Å². The summed E-state index contributed by atoms with van der Waals surface area (Å²) < 4.78 is 66.7. The van der Waals surface area contributed by atoms with Gasteiger partial charge in [0, 0.05) is 0 Å². The molecule has 1 aliphatic rings. The first kappa shape index (κ1) is 20.5. The van der Waals surface area contributed by atoms with Crippen molar-refractivity contribution in [1.29, 1.82) is 0 Å². The molecule has 0 N–H and O–H groups in total. The van der Waals surface area contributed by atoms with Crippen LogP contribution in [0.25, 0.3) is 0 Å². The number of alkyl halides is 3. The van der Waals surface area contributed by atoms with Crippen molar-refractivity contribution in [3.8, 4) is 5.75 Å². The van der Waals surface area contributed by atoms with Gasteiger partial charge in [-0.1, -0.05) is 0 Å². The topological polar surface area (TPSA) is 27.7 Å². The second kappa shape index (κ2) is 8.53. The number of hydrogen-bond donors (Lipinski definition) is 0. The van der Waals surface area contributed by atoms with Crippen LogP contribution in [0.2, 0.25) is 14.8 Å². The standard InChI is InChI=1S/C8H5F4O.C4H8O2.3CH3.Sn/c1-13-7-5(8(10,11)12)3-2-4-6(7)9;1-2-6-4-3-5-1;;;;/h2-3H,1H3;1-4H2;3*1H3;. The van der Waals surface area contributed by atoms with Gasteiger partial charge >= 0.3 is 102 Å². The van der Waals surface area contributed by atoms with Crippen molar-refractivity contribution in [2.24, 2.45) is 0 Å². The fourth-order valence-electron chi connectivity index (χ4n) is 2.00. The molecule has 1 aliphatic heterocycles. The molecule has 2 rings (SSSR count). The van der Waals surface area contributed by atoms with Gasteiger partial charge in [0.2, 0.25) is 0 Å². The Hall–Kier alpha value is -0.541. The van der Waals surface area contributed by atoms with Gasteiger partial charge in [0.25, 0.3) is 0 Å². The summed E-state index contributed by atoms with van der Waals surface area (Å²) in [6.07, 6.45) is -4.60. The number of benzene rings is 1. The zero-order valence-electron chi connectivity index (χ0n) is 13.7. The number of halogens is 4. The molecule has 0 unspecified atom stereocenters. The maximum absolute atomic E-state index is 14.0. The van der Waals surface area contributed by atoms with Gasteiger partial charge < -0.3 is 9.47 Å². The molecule has 1 aromatic rings. The van der Waals surface area contributed by atoms with Gasteiger partial charge in [-0.3, -0.25) is 0 Å². The van der Waals surface area contributed by atoms with Crippen LogP contribution in [-0.4, -0.2) is 51.9 Å². The molecule has 0 bridgehead atoms. The summed E-state index contributed by atoms with van der Waals surface area (Å²) in [6.45, 7) is 3.11. The fraction of sp³-hybridized carbons (Fsp3) is 0.600. The van der Waals surface area contributed by atoms with Gasteiger partial charge in [0.15, 0.2) is 0 Å².